The van der Waals surface area contributed by atoms with Crippen LogP contribution in [0.2, 0.25) is 0 Å². The van der Waals surface area contributed by atoms with E-state index in [9.17, 15) is 0 Å². The van der Waals surface area contributed by atoms with Crippen LogP contribution in [-0.4, -0.2) is 67.5 Å². The Balaban J connectivity index is 1.56. The molecule has 0 spiro atoms. The highest BCUT2D eigenvalue weighted by Crippen LogP contribution is 2.28. The minimum absolute atomic E-state index is 0.213. The van der Waals surface area contributed by atoms with Crippen LogP contribution < -0.4 is 21.4 Å². The smallest absolute Gasteiger partial charge is 0.219 e. The lowest BCUT2D eigenvalue weighted by Crippen LogP contribution is -2.37. The molecule has 1 aliphatic rings. The van der Waals surface area contributed by atoms with Gasteiger partial charge in [-0.2, -0.15) is 0 Å². The van der Waals surface area contributed by atoms with Crippen molar-refractivity contribution in [3.8, 4) is 11.4 Å². The van der Waals surface area contributed by atoms with Crippen LogP contribution in [0.5, 0.6) is 0 Å². The van der Waals surface area contributed by atoms with Crippen molar-refractivity contribution in [1.29, 1.82) is 0 Å². The van der Waals surface area contributed by atoms with Gasteiger partial charge in [0.25, 0.3) is 0 Å². The van der Waals surface area contributed by atoms with Crippen molar-refractivity contribution in [3.63, 3.8) is 0 Å². The maximum absolute atomic E-state index is 8.81. The van der Waals surface area contributed by atoms with Crippen LogP contribution in [0.3, 0.4) is 0 Å². The molecule has 0 atom stereocenters. The van der Waals surface area contributed by atoms with Crippen LogP contribution in [0.25, 0.3) is 22.6 Å². The number of nitrogens with one attached hydrogen (secondary N) is 2. The van der Waals surface area contributed by atoms with E-state index in [1.54, 1.807) is 12.4 Å². The van der Waals surface area contributed by atoms with Gasteiger partial charge in [0.1, 0.15) is 5.82 Å². The molecule has 4 heterocycles. The number of hydrogen-bond donors (Lipinski definition) is 4. The molecule has 0 radical (unpaired) electrons. The number of hydroxylamine groups is 1. The zero-order valence-corrected chi connectivity index (χ0v) is 20.2. The number of hydrogen-bond acceptors (Lipinski definition) is 11. The Hall–Kier alpha value is -3.35. The molecule has 1 fully saturated rings. The average molecular weight is 483 g/mol. The third-order valence-electron chi connectivity index (χ3n) is 5.99. The number of aromatic nitrogens is 6. The Morgan fingerprint density at radius 1 is 1.14 bits per heavy atom. The fraction of sp³-hybridized carbons (Fsp3) is 0.522. The van der Waals surface area contributed by atoms with Gasteiger partial charge in [0.15, 0.2) is 22.8 Å². The standard InChI is InChI=1S/C23H34N10O2/c1-3-33-18(15-25-8-6-4-5-7-16(2)31-34)28-19-21(32-9-11-35-12-10-32)29-20(30-22(19)33)17-13-26-23(24)27-14-17/h13-14,25,31,34H,2-12,15H2,1H3,(H2,24,26,27). The number of morpholine rings is 1. The summed E-state index contributed by atoms with van der Waals surface area (Å²) < 4.78 is 7.68. The Labute approximate surface area is 204 Å². The largest absolute Gasteiger partial charge is 0.378 e. The zero-order chi connectivity index (χ0) is 24.6. The fourth-order valence-corrected chi connectivity index (χ4v) is 4.10. The number of fused-ring (bicyclic) bond motifs is 1. The van der Waals surface area contributed by atoms with E-state index in [0.717, 1.165) is 74.7 Å². The van der Waals surface area contributed by atoms with E-state index >= 15 is 0 Å². The number of nitrogens with zero attached hydrogens (tertiary/aromatic N) is 7. The molecule has 4 rings (SSSR count). The van der Waals surface area contributed by atoms with E-state index in [0.29, 0.717) is 36.8 Å². The lowest BCUT2D eigenvalue weighted by molar-refractivity contribution is 0.122. The molecule has 0 unspecified atom stereocenters. The number of rotatable bonds is 12. The molecule has 0 aliphatic carbocycles. The second-order valence-corrected chi connectivity index (χ2v) is 8.45. The highest BCUT2D eigenvalue weighted by Gasteiger charge is 2.23. The van der Waals surface area contributed by atoms with Gasteiger partial charge >= 0.3 is 0 Å². The first-order valence-electron chi connectivity index (χ1n) is 12.1. The van der Waals surface area contributed by atoms with Crippen molar-refractivity contribution in [3.05, 3.63) is 30.5 Å². The molecule has 1 saturated heterocycles. The molecular formula is C23H34N10O2. The summed E-state index contributed by atoms with van der Waals surface area (Å²) in [6.07, 6.45) is 7.13. The van der Waals surface area contributed by atoms with E-state index in [4.69, 9.17) is 30.6 Å². The third kappa shape index (κ3) is 6.02. The number of ether oxygens (including phenoxy) is 1. The van der Waals surface area contributed by atoms with Gasteiger partial charge in [-0.1, -0.05) is 13.0 Å². The van der Waals surface area contributed by atoms with Gasteiger partial charge in [0, 0.05) is 37.7 Å². The van der Waals surface area contributed by atoms with Gasteiger partial charge < -0.3 is 25.3 Å². The molecule has 12 heteroatoms. The molecule has 0 bridgehead atoms. The molecule has 12 nitrogen and oxygen atoms in total. The summed E-state index contributed by atoms with van der Waals surface area (Å²) >= 11 is 0. The second-order valence-electron chi connectivity index (χ2n) is 8.45. The number of nitrogens with two attached hydrogens (primary N) is 1. The van der Waals surface area contributed by atoms with Crippen molar-refractivity contribution in [2.24, 2.45) is 0 Å². The summed E-state index contributed by atoms with van der Waals surface area (Å²) in [5.41, 5.74) is 10.7. The van der Waals surface area contributed by atoms with E-state index in [-0.39, 0.29) is 5.95 Å². The van der Waals surface area contributed by atoms with Gasteiger partial charge in [0.05, 0.1) is 25.3 Å². The lowest BCUT2D eigenvalue weighted by Gasteiger charge is -2.28. The zero-order valence-electron chi connectivity index (χ0n) is 20.2. The Morgan fingerprint density at radius 2 is 1.91 bits per heavy atom. The SMILES string of the molecule is C=C(CCCCCNCc1nc2c(N3CCOCC3)nc(-c3cnc(N)nc3)nc2n1CC)NO. The molecule has 0 aromatic carbocycles. The second kappa shape index (κ2) is 11.9. The third-order valence-corrected chi connectivity index (χ3v) is 5.99. The number of allylic oxidation sites excluding steroid dienone is 1. The Bertz CT molecular complexity index is 1130. The van der Waals surface area contributed by atoms with Crippen LogP contribution in [0.15, 0.2) is 24.7 Å². The number of imidazole rings is 1. The molecule has 35 heavy (non-hydrogen) atoms. The summed E-state index contributed by atoms with van der Waals surface area (Å²) in [6.45, 7) is 10.9. The number of anilines is 2. The number of nitrogen functional groups attached to an aromatic ring is 1. The topological polar surface area (TPSA) is 152 Å². The first kappa shape index (κ1) is 24.8. The molecule has 1 aliphatic heterocycles. The van der Waals surface area contributed by atoms with Crippen LogP contribution in [0.4, 0.5) is 11.8 Å². The summed E-state index contributed by atoms with van der Waals surface area (Å²) in [4.78, 5) is 25.1. The van der Waals surface area contributed by atoms with E-state index < -0.39 is 0 Å². The number of aryl methyl sites for hydroxylation is 1. The highest BCUT2D eigenvalue weighted by atomic mass is 16.5. The van der Waals surface area contributed by atoms with E-state index in [1.807, 2.05) is 0 Å². The summed E-state index contributed by atoms with van der Waals surface area (Å²) in [5, 5.41) is 12.3. The maximum atomic E-state index is 8.81. The molecule has 3 aromatic heterocycles. The van der Waals surface area contributed by atoms with Crippen LogP contribution in [0.1, 0.15) is 38.4 Å². The van der Waals surface area contributed by atoms with Crippen LogP contribution in [-0.2, 0) is 17.8 Å². The molecule has 5 N–H and O–H groups in total. The van der Waals surface area contributed by atoms with E-state index in [2.05, 4.69) is 43.7 Å². The molecular weight excluding hydrogens is 448 g/mol. The fourth-order valence-electron chi connectivity index (χ4n) is 4.10. The van der Waals surface area contributed by atoms with Crippen LogP contribution in [0, 0.1) is 0 Å². The van der Waals surface area contributed by atoms with Gasteiger partial charge in [-0.15, -0.1) is 0 Å². The lowest BCUT2D eigenvalue weighted by atomic mass is 10.1. The first-order chi connectivity index (χ1) is 17.1. The summed E-state index contributed by atoms with van der Waals surface area (Å²) in [6, 6.07) is 0. The molecule has 0 saturated carbocycles. The average Bonchev–Trinajstić information content (AvgIpc) is 3.25. The molecule has 188 valence electrons. The van der Waals surface area contributed by atoms with Crippen molar-refractivity contribution in [2.75, 3.05) is 43.5 Å². The van der Waals surface area contributed by atoms with Crippen molar-refractivity contribution < 1.29 is 9.94 Å². The minimum Gasteiger partial charge on any atom is -0.378 e. The summed E-state index contributed by atoms with van der Waals surface area (Å²) in [5.74, 6) is 2.49. The molecule has 0 amide bonds. The number of unbranched alkanes of at least 4 members (excludes halogenated alkanes) is 2. The van der Waals surface area contributed by atoms with Crippen molar-refractivity contribution in [2.45, 2.75) is 45.7 Å². The first-order valence-corrected chi connectivity index (χ1v) is 12.1. The summed E-state index contributed by atoms with van der Waals surface area (Å²) in [7, 11) is 0. The van der Waals surface area contributed by atoms with E-state index in [1.165, 1.54) is 0 Å². The van der Waals surface area contributed by atoms with Crippen molar-refractivity contribution >= 4 is 22.9 Å². The van der Waals surface area contributed by atoms with Crippen molar-refractivity contribution in [1.82, 2.24) is 40.3 Å². The monoisotopic (exact) mass is 482 g/mol. The maximum Gasteiger partial charge on any atom is 0.219 e. The quantitative estimate of drug-likeness (QED) is 0.221. The minimum atomic E-state index is 0.213. The van der Waals surface area contributed by atoms with Crippen LogP contribution >= 0.6 is 0 Å². The molecule has 3 aromatic rings. The Kier molecular flexibility index (Phi) is 8.40. The predicted octanol–water partition coefficient (Wildman–Crippen LogP) is 1.86. The van der Waals surface area contributed by atoms with Gasteiger partial charge in [-0.05, 0) is 32.7 Å². The normalized spacial score (nSPS) is 13.9. The van der Waals surface area contributed by atoms with Gasteiger partial charge in [-0.25, -0.2) is 24.9 Å². The van der Waals surface area contributed by atoms with Gasteiger partial charge in [-0.3, -0.25) is 10.7 Å². The Morgan fingerprint density at radius 3 is 2.63 bits per heavy atom. The van der Waals surface area contributed by atoms with Gasteiger partial charge in [0.2, 0.25) is 5.95 Å². The highest BCUT2D eigenvalue weighted by molar-refractivity contribution is 5.86. The predicted molar refractivity (Wildman–Crippen MR) is 134 cm³/mol.